The summed E-state index contributed by atoms with van der Waals surface area (Å²) < 4.78 is 18.3. The maximum Gasteiger partial charge on any atom is 0.228 e. The standard InChI is InChI=1S/C18H21FN4O2/c1-12-17(22-16(24)11-14-3-5-15(19)6-4-14)13(2)21-18(20-12)23-7-9-25-10-8-23/h3-6H,7-11H2,1-2H3,(H,22,24). The van der Waals surface area contributed by atoms with Crippen LogP contribution in [0.2, 0.25) is 0 Å². The van der Waals surface area contributed by atoms with E-state index < -0.39 is 0 Å². The van der Waals surface area contributed by atoms with E-state index >= 15 is 0 Å². The van der Waals surface area contributed by atoms with Gasteiger partial charge in [0.2, 0.25) is 11.9 Å². The summed E-state index contributed by atoms with van der Waals surface area (Å²) in [5.74, 6) is 0.165. The van der Waals surface area contributed by atoms with Gasteiger partial charge in [0.05, 0.1) is 36.7 Å². The lowest BCUT2D eigenvalue weighted by Gasteiger charge is -2.27. The van der Waals surface area contributed by atoms with Crippen molar-refractivity contribution < 1.29 is 13.9 Å². The minimum absolute atomic E-state index is 0.171. The molecule has 1 fully saturated rings. The molecule has 2 aromatic rings. The van der Waals surface area contributed by atoms with E-state index in [2.05, 4.69) is 20.2 Å². The zero-order valence-corrected chi connectivity index (χ0v) is 14.4. The van der Waals surface area contributed by atoms with Gasteiger partial charge in [-0.05, 0) is 31.5 Å². The van der Waals surface area contributed by atoms with Gasteiger partial charge >= 0.3 is 0 Å². The van der Waals surface area contributed by atoms with Crippen molar-refractivity contribution >= 4 is 17.5 Å². The van der Waals surface area contributed by atoms with Crippen LogP contribution in [-0.4, -0.2) is 42.2 Å². The molecule has 0 spiro atoms. The summed E-state index contributed by atoms with van der Waals surface area (Å²) in [5.41, 5.74) is 2.83. The zero-order valence-electron chi connectivity index (χ0n) is 14.4. The van der Waals surface area contributed by atoms with Gasteiger partial charge < -0.3 is 15.0 Å². The molecule has 0 atom stereocenters. The SMILES string of the molecule is Cc1nc(N2CCOCC2)nc(C)c1NC(=O)Cc1ccc(F)cc1. The quantitative estimate of drug-likeness (QED) is 0.921. The van der Waals surface area contributed by atoms with Gasteiger partial charge in [0.15, 0.2) is 0 Å². The predicted molar refractivity (Wildman–Crippen MR) is 93.3 cm³/mol. The molecule has 7 heteroatoms. The van der Waals surface area contributed by atoms with Crippen LogP contribution in [0.5, 0.6) is 0 Å². The van der Waals surface area contributed by atoms with E-state index in [1.54, 1.807) is 12.1 Å². The molecule has 1 aliphatic rings. The topological polar surface area (TPSA) is 67.3 Å². The molecule has 1 aromatic carbocycles. The second-order valence-electron chi connectivity index (χ2n) is 6.02. The Morgan fingerprint density at radius 1 is 1.16 bits per heavy atom. The van der Waals surface area contributed by atoms with Crippen molar-refractivity contribution in [2.75, 3.05) is 36.5 Å². The van der Waals surface area contributed by atoms with Crippen LogP contribution in [0.1, 0.15) is 17.0 Å². The highest BCUT2D eigenvalue weighted by Crippen LogP contribution is 2.21. The minimum Gasteiger partial charge on any atom is -0.378 e. The fraction of sp³-hybridized carbons (Fsp3) is 0.389. The lowest BCUT2D eigenvalue weighted by molar-refractivity contribution is -0.115. The Hall–Kier alpha value is -2.54. The largest absolute Gasteiger partial charge is 0.378 e. The zero-order chi connectivity index (χ0) is 17.8. The van der Waals surface area contributed by atoms with E-state index in [1.165, 1.54) is 12.1 Å². The van der Waals surface area contributed by atoms with Crippen LogP contribution in [0, 0.1) is 19.7 Å². The van der Waals surface area contributed by atoms with Gasteiger partial charge in [-0.2, -0.15) is 0 Å². The number of hydrogen-bond donors (Lipinski definition) is 1. The summed E-state index contributed by atoms with van der Waals surface area (Å²) in [5, 5.41) is 2.87. The van der Waals surface area contributed by atoms with Gasteiger partial charge in [-0.25, -0.2) is 14.4 Å². The van der Waals surface area contributed by atoms with Gasteiger partial charge in [-0.3, -0.25) is 4.79 Å². The molecule has 2 heterocycles. The fourth-order valence-electron chi connectivity index (χ4n) is 2.76. The van der Waals surface area contributed by atoms with Gasteiger partial charge in [0, 0.05) is 13.1 Å². The number of morpholine rings is 1. The van der Waals surface area contributed by atoms with E-state index in [0.29, 0.717) is 24.8 Å². The third kappa shape index (κ3) is 4.30. The van der Waals surface area contributed by atoms with Crippen LogP contribution >= 0.6 is 0 Å². The van der Waals surface area contributed by atoms with Crippen LogP contribution < -0.4 is 10.2 Å². The van der Waals surface area contributed by atoms with Gasteiger partial charge in [-0.1, -0.05) is 12.1 Å². The number of anilines is 2. The van der Waals surface area contributed by atoms with Crippen molar-refractivity contribution in [2.24, 2.45) is 0 Å². The second-order valence-corrected chi connectivity index (χ2v) is 6.02. The Balaban J connectivity index is 1.71. The second kappa shape index (κ2) is 7.57. The van der Waals surface area contributed by atoms with Crippen molar-refractivity contribution in [1.29, 1.82) is 0 Å². The highest BCUT2D eigenvalue weighted by atomic mass is 19.1. The number of carbonyl (C=O) groups is 1. The van der Waals surface area contributed by atoms with E-state index in [9.17, 15) is 9.18 Å². The Kier molecular flexibility index (Phi) is 5.23. The van der Waals surface area contributed by atoms with E-state index in [4.69, 9.17) is 4.74 Å². The Morgan fingerprint density at radius 3 is 2.36 bits per heavy atom. The summed E-state index contributed by atoms with van der Waals surface area (Å²) in [6.07, 6.45) is 0.171. The number of benzene rings is 1. The van der Waals surface area contributed by atoms with E-state index in [0.717, 1.165) is 30.0 Å². The van der Waals surface area contributed by atoms with Gasteiger partial charge in [0.25, 0.3) is 0 Å². The van der Waals surface area contributed by atoms with Crippen LogP contribution in [0.15, 0.2) is 24.3 Å². The highest BCUT2D eigenvalue weighted by molar-refractivity contribution is 5.93. The molecular formula is C18H21FN4O2. The molecule has 132 valence electrons. The van der Waals surface area contributed by atoms with Crippen LogP contribution in [-0.2, 0) is 16.0 Å². The average molecular weight is 344 g/mol. The third-order valence-electron chi connectivity index (χ3n) is 4.10. The average Bonchev–Trinajstić information content (AvgIpc) is 2.61. The molecule has 25 heavy (non-hydrogen) atoms. The van der Waals surface area contributed by atoms with Gasteiger partial charge in [0.1, 0.15) is 5.82 Å². The third-order valence-corrected chi connectivity index (χ3v) is 4.10. The molecule has 0 bridgehead atoms. The number of amides is 1. The van der Waals surface area contributed by atoms with Crippen LogP contribution in [0.3, 0.4) is 0 Å². The molecule has 0 saturated carbocycles. The van der Waals surface area contributed by atoms with Crippen LogP contribution in [0.4, 0.5) is 16.0 Å². The van der Waals surface area contributed by atoms with E-state index in [1.807, 2.05) is 13.8 Å². The molecule has 0 unspecified atom stereocenters. The number of aryl methyl sites for hydroxylation is 2. The summed E-state index contributed by atoms with van der Waals surface area (Å²) in [7, 11) is 0. The highest BCUT2D eigenvalue weighted by Gasteiger charge is 2.17. The maximum atomic E-state index is 12.9. The first-order chi connectivity index (χ1) is 12.0. The molecule has 1 saturated heterocycles. The summed E-state index contributed by atoms with van der Waals surface area (Å²) in [6.45, 7) is 6.55. The van der Waals surface area contributed by atoms with Gasteiger partial charge in [-0.15, -0.1) is 0 Å². The number of carbonyl (C=O) groups excluding carboxylic acids is 1. The minimum atomic E-state index is -0.317. The smallest absolute Gasteiger partial charge is 0.228 e. The van der Waals surface area contributed by atoms with Crippen molar-refractivity contribution in [3.8, 4) is 0 Å². The predicted octanol–water partition coefficient (Wildman–Crippen LogP) is 2.25. The number of nitrogens with zero attached hydrogens (tertiary/aromatic N) is 3. The molecule has 1 N–H and O–H groups in total. The number of hydrogen-bond acceptors (Lipinski definition) is 5. The molecule has 1 aromatic heterocycles. The first-order valence-electron chi connectivity index (χ1n) is 8.25. The normalized spacial score (nSPS) is 14.4. The van der Waals surface area contributed by atoms with Crippen molar-refractivity contribution in [3.63, 3.8) is 0 Å². The first-order valence-corrected chi connectivity index (χ1v) is 8.25. The number of rotatable bonds is 4. The number of nitrogens with one attached hydrogen (secondary N) is 1. The van der Waals surface area contributed by atoms with Crippen molar-refractivity contribution in [3.05, 3.63) is 47.0 Å². The van der Waals surface area contributed by atoms with E-state index in [-0.39, 0.29) is 18.1 Å². The van der Waals surface area contributed by atoms with Crippen LogP contribution in [0.25, 0.3) is 0 Å². The van der Waals surface area contributed by atoms with Crippen molar-refractivity contribution in [1.82, 2.24) is 9.97 Å². The molecular weight excluding hydrogens is 323 g/mol. The lowest BCUT2D eigenvalue weighted by atomic mass is 10.1. The maximum absolute atomic E-state index is 12.9. The lowest BCUT2D eigenvalue weighted by Crippen LogP contribution is -2.37. The Labute approximate surface area is 146 Å². The molecule has 1 amide bonds. The monoisotopic (exact) mass is 344 g/mol. The Morgan fingerprint density at radius 2 is 1.76 bits per heavy atom. The summed E-state index contributed by atoms with van der Waals surface area (Å²) in [4.78, 5) is 23.4. The van der Waals surface area contributed by atoms with Crippen molar-refractivity contribution in [2.45, 2.75) is 20.3 Å². The first kappa shape index (κ1) is 17.3. The molecule has 3 rings (SSSR count). The molecule has 6 nitrogen and oxygen atoms in total. The number of aromatic nitrogens is 2. The fourth-order valence-corrected chi connectivity index (χ4v) is 2.76. The summed E-state index contributed by atoms with van der Waals surface area (Å²) >= 11 is 0. The number of ether oxygens (including phenoxy) is 1. The summed E-state index contributed by atoms with van der Waals surface area (Å²) in [6, 6.07) is 5.90. The molecule has 0 radical (unpaired) electrons. The number of halogens is 1. The molecule has 0 aliphatic carbocycles. The molecule has 1 aliphatic heterocycles. The Bertz CT molecular complexity index is 735.